The van der Waals surface area contributed by atoms with Crippen LogP contribution in [0.25, 0.3) is 0 Å². The van der Waals surface area contributed by atoms with Crippen molar-refractivity contribution in [1.29, 1.82) is 0 Å². The van der Waals surface area contributed by atoms with E-state index in [1.54, 1.807) is 26.0 Å². The molecule has 1 unspecified atom stereocenters. The first-order valence-electron chi connectivity index (χ1n) is 6.00. The third kappa shape index (κ3) is 4.00. The van der Waals surface area contributed by atoms with E-state index in [4.69, 9.17) is 10.5 Å². The van der Waals surface area contributed by atoms with Crippen molar-refractivity contribution in [3.63, 3.8) is 0 Å². The summed E-state index contributed by atoms with van der Waals surface area (Å²) in [6.07, 6.45) is -0.256. The third-order valence-corrected chi connectivity index (χ3v) is 2.51. The Balaban J connectivity index is 2.67. The highest BCUT2D eigenvalue weighted by Crippen LogP contribution is 2.18. The van der Waals surface area contributed by atoms with Gasteiger partial charge < -0.3 is 15.8 Å². The van der Waals surface area contributed by atoms with Crippen molar-refractivity contribution in [2.45, 2.75) is 32.4 Å². The SMILES string of the molecule is CCC(Oc1ccccc1F)C(=O)N[C@@H](C)CN. The Morgan fingerprint density at radius 1 is 1.50 bits per heavy atom. The number of para-hydroxylation sites is 1. The van der Waals surface area contributed by atoms with Gasteiger partial charge in [0, 0.05) is 12.6 Å². The summed E-state index contributed by atoms with van der Waals surface area (Å²) in [4.78, 5) is 11.8. The number of benzene rings is 1. The lowest BCUT2D eigenvalue weighted by molar-refractivity contribution is -0.128. The molecule has 0 radical (unpaired) electrons. The number of nitrogens with two attached hydrogens (primary N) is 1. The molecule has 1 rings (SSSR count). The minimum absolute atomic E-state index is 0.0832. The maximum absolute atomic E-state index is 13.4. The van der Waals surface area contributed by atoms with Gasteiger partial charge in [-0.3, -0.25) is 4.79 Å². The van der Waals surface area contributed by atoms with Crippen LogP contribution < -0.4 is 15.8 Å². The Hall–Kier alpha value is -1.62. The van der Waals surface area contributed by atoms with Crippen molar-refractivity contribution < 1.29 is 13.9 Å². The highest BCUT2D eigenvalue weighted by molar-refractivity contribution is 5.81. The molecule has 1 aromatic rings. The Labute approximate surface area is 106 Å². The molecule has 100 valence electrons. The maximum Gasteiger partial charge on any atom is 0.261 e. The molecule has 0 saturated carbocycles. The number of hydrogen-bond acceptors (Lipinski definition) is 3. The molecule has 1 amide bonds. The van der Waals surface area contributed by atoms with Gasteiger partial charge in [-0.05, 0) is 25.5 Å². The molecule has 0 aliphatic rings. The Morgan fingerprint density at radius 2 is 2.17 bits per heavy atom. The van der Waals surface area contributed by atoms with Gasteiger partial charge in [-0.2, -0.15) is 0 Å². The number of hydrogen-bond donors (Lipinski definition) is 2. The number of ether oxygens (including phenoxy) is 1. The largest absolute Gasteiger partial charge is 0.478 e. The van der Waals surface area contributed by atoms with E-state index in [1.807, 2.05) is 0 Å². The lowest BCUT2D eigenvalue weighted by Crippen LogP contribution is -2.45. The second-order valence-electron chi connectivity index (χ2n) is 4.09. The van der Waals surface area contributed by atoms with E-state index >= 15 is 0 Å². The van der Waals surface area contributed by atoms with Gasteiger partial charge in [0.25, 0.3) is 5.91 Å². The Morgan fingerprint density at radius 3 is 2.72 bits per heavy atom. The third-order valence-electron chi connectivity index (χ3n) is 2.51. The Bertz CT molecular complexity index is 398. The average molecular weight is 254 g/mol. The molecule has 0 heterocycles. The number of halogens is 1. The summed E-state index contributed by atoms with van der Waals surface area (Å²) in [5, 5.41) is 2.71. The molecular formula is C13H19FN2O2. The van der Waals surface area contributed by atoms with Crippen LogP contribution in [-0.4, -0.2) is 24.6 Å². The van der Waals surface area contributed by atoms with Gasteiger partial charge in [0.05, 0.1) is 0 Å². The quantitative estimate of drug-likeness (QED) is 0.807. The van der Waals surface area contributed by atoms with E-state index in [0.29, 0.717) is 13.0 Å². The van der Waals surface area contributed by atoms with E-state index in [-0.39, 0.29) is 17.7 Å². The number of rotatable bonds is 6. The van der Waals surface area contributed by atoms with Gasteiger partial charge in [-0.25, -0.2) is 4.39 Å². The first-order chi connectivity index (χ1) is 8.58. The van der Waals surface area contributed by atoms with Crippen molar-refractivity contribution in [1.82, 2.24) is 5.32 Å². The average Bonchev–Trinajstić information content (AvgIpc) is 2.37. The van der Waals surface area contributed by atoms with Crippen LogP contribution in [0.3, 0.4) is 0 Å². The van der Waals surface area contributed by atoms with E-state index in [2.05, 4.69) is 5.32 Å². The summed E-state index contributed by atoms with van der Waals surface area (Å²) in [5.41, 5.74) is 5.42. The summed E-state index contributed by atoms with van der Waals surface area (Å²) in [5.74, 6) is -0.672. The molecule has 0 aromatic heterocycles. The molecule has 18 heavy (non-hydrogen) atoms. The van der Waals surface area contributed by atoms with Gasteiger partial charge in [0.1, 0.15) is 0 Å². The fourth-order valence-electron chi connectivity index (χ4n) is 1.41. The molecule has 0 spiro atoms. The first-order valence-corrected chi connectivity index (χ1v) is 6.00. The smallest absolute Gasteiger partial charge is 0.261 e. The van der Waals surface area contributed by atoms with Crippen LogP contribution in [0.2, 0.25) is 0 Å². The molecule has 0 bridgehead atoms. The predicted molar refractivity (Wildman–Crippen MR) is 67.8 cm³/mol. The molecule has 0 saturated heterocycles. The zero-order chi connectivity index (χ0) is 13.5. The molecule has 0 aliphatic carbocycles. The summed E-state index contributed by atoms with van der Waals surface area (Å²) in [7, 11) is 0. The lowest BCUT2D eigenvalue weighted by atomic mass is 10.2. The maximum atomic E-state index is 13.4. The van der Waals surface area contributed by atoms with Crippen LogP contribution in [-0.2, 0) is 4.79 Å². The van der Waals surface area contributed by atoms with Crippen LogP contribution in [0.15, 0.2) is 24.3 Å². The van der Waals surface area contributed by atoms with Crippen molar-refractivity contribution >= 4 is 5.91 Å². The van der Waals surface area contributed by atoms with E-state index in [1.165, 1.54) is 12.1 Å². The highest BCUT2D eigenvalue weighted by Gasteiger charge is 2.20. The van der Waals surface area contributed by atoms with Crippen molar-refractivity contribution in [2.24, 2.45) is 5.73 Å². The second kappa shape index (κ2) is 6.96. The zero-order valence-corrected chi connectivity index (χ0v) is 10.7. The predicted octanol–water partition coefficient (Wildman–Crippen LogP) is 1.45. The van der Waals surface area contributed by atoms with E-state index in [9.17, 15) is 9.18 Å². The van der Waals surface area contributed by atoms with Crippen molar-refractivity contribution in [3.8, 4) is 5.75 Å². The second-order valence-corrected chi connectivity index (χ2v) is 4.09. The monoisotopic (exact) mass is 254 g/mol. The fourth-order valence-corrected chi connectivity index (χ4v) is 1.41. The van der Waals surface area contributed by atoms with Gasteiger partial charge in [0.2, 0.25) is 0 Å². The van der Waals surface area contributed by atoms with Crippen LogP contribution in [0.1, 0.15) is 20.3 Å². The molecule has 3 N–H and O–H groups in total. The van der Waals surface area contributed by atoms with Gasteiger partial charge >= 0.3 is 0 Å². The molecule has 1 aromatic carbocycles. The minimum Gasteiger partial charge on any atom is -0.478 e. The van der Waals surface area contributed by atoms with Crippen molar-refractivity contribution in [2.75, 3.05) is 6.54 Å². The summed E-state index contributed by atoms with van der Waals surface area (Å²) in [6, 6.07) is 5.89. The first kappa shape index (κ1) is 14.4. The normalized spacial score (nSPS) is 13.8. The number of carbonyl (C=O) groups excluding carboxylic acids is 1. The Kier molecular flexibility index (Phi) is 5.58. The van der Waals surface area contributed by atoms with E-state index in [0.717, 1.165) is 0 Å². The van der Waals surface area contributed by atoms with Crippen LogP contribution in [0, 0.1) is 5.82 Å². The van der Waals surface area contributed by atoms with Gasteiger partial charge in [0.15, 0.2) is 17.7 Å². The number of amides is 1. The summed E-state index contributed by atoms with van der Waals surface area (Å²) < 4.78 is 18.8. The standard InChI is InChI=1S/C13H19FN2O2/c1-3-11(13(17)16-9(2)8-15)18-12-7-5-4-6-10(12)14/h4-7,9,11H,3,8,15H2,1-2H3,(H,16,17)/t9-,11?/m0/s1. The minimum atomic E-state index is -0.712. The van der Waals surface area contributed by atoms with Crippen molar-refractivity contribution in [3.05, 3.63) is 30.1 Å². The number of nitrogens with one attached hydrogen (secondary N) is 1. The molecule has 5 heteroatoms. The van der Waals surface area contributed by atoms with Crippen LogP contribution in [0.4, 0.5) is 4.39 Å². The molecular weight excluding hydrogens is 235 g/mol. The van der Waals surface area contributed by atoms with Crippen LogP contribution >= 0.6 is 0 Å². The highest BCUT2D eigenvalue weighted by atomic mass is 19.1. The van der Waals surface area contributed by atoms with Crippen LogP contribution in [0.5, 0.6) is 5.75 Å². The molecule has 4 nitrogen and oxygen atoms in total. The van der Waals surface area contributed by atoms with Gasteiger partial charge in [-0.15, -0.1) is 0 Å². The lowest BCUT2D eigenvalue weighted by Gasteiger charge is -2.19. The molecule has 2 atom stereocenters. The fraction of sp³-hybridized carbons (Fsp3) is 0.462. The molecule has 0 fully saturated rings. The number of carbonyl (C=O) groups is 1. The molecule has 0 aliphatic heterocycles. The van der Waals surface area contributed by atoms with Gasteiger partial charge in [-0.1, -0.05) is 19.1 Å². The topological polar surface area (TPSA) is 64.3 Å². The summed E-state index contributed by atoms with van der Waals surface area (Å²) >= 11 is 0. The summed E-state index contributed by atoms with van der Waals surface area (Å²) in [6.45, 7) is 3.95. The zero-order valence-electron chi connectivity index (χ0n) is 10.7. The van der Waals surface area contributed by atoms with E-state index < -0.39 is 11.9 Å².